The molecule has 1 aliphatic rings. The van der Waals surface area contributed by atoms with Gasteiger partial charge in [0.15, 0.2) is 11.1 Å². The summed E-state index contributed by atoms with van der Waals surface area (Å²) in [4.78, 5) is 39.0. The van der Waals surface area contributed by atoms with Crippen LogP contribution >= 0.6 is 0 Å². The molecule has 0 spiro atoms. The average Bonchev–Trinajstić information content (AvgIpc) is 2.97. The molecule has 15 heteroatoms. The van der Waals surface area contributed by atoms with E-state index in [4.69, 9.17) is 15.2 Å². The summed E-state index contributed by atoms with van der Waals surface area (Å²) in [7, 11) is 0. The Balaban J connectivity index is 1.27. The van der Waals surface area contributed by atoms with Crippen LogP contribution in [0.1, 0.15) is 12.0 Å². The molecule has 0 atom stereocenters. The van der Waals surface area contributed by atoms with E-state index in [2.05, 4.69) is 30.5 Å². The van der Waals surface area contributed by atoms with E-state index >= 15 is 0 Å². The monoisotopic (exact) mass is 584 g/mol. The molecular weight excluding hydrogens is 557 g/mol. The average molecular weight is 585 g/mol. The van der Waals surface area contributed by atoms with Crippen molar-refractivity contribution in [2.75, 3.05) is 55.8 Å². The third kappa shape index (κ3) is 6.75. The maximum Gasteiger partial charge on any atom is 0.417 e. The van der Waals surface area contributed by atoms with E-state index in [1.54, 1.807) is 28.8 Å². The Morgan fingerprint density at radius 1 is 1.07 bits per heavy atom. The fraction of sp³-hybridized carbons (Fsp3) is 0.296. The molecule has 0 unspecified atom stereocenters. The van der Waals surface area contributed by atoms with E-state index in [0.29, 0.717) is 42.9 Å². The van der Waals surface area contributed by atoms with Crippen LogP contribution in [0.5, 0.6) is 5.88 Å². The number of hydrogen-bond donors (Lipinski definition) is 3. The number of amides is 2. The molecule has 0 aliphatic carbocycles. The highest BCUT2D eigenvalue weighted by Gasteiger charge is 2.32. The quantitative estimate of drug-likeness (QED) is 0.265. The van der Waals surface area contributed by atoms with Crippen molar-refractivity contribution in [3.05, 3.63) is 70.9 Å². The molecule has 2 amide bonds. The van der Waals surface area contributed by atoms with Crippen molar-refractivity contribution < 1.29 is 27.4 Å². The number of pyridine rings is 2. The Hall–Kier alpha value is -4.76. The summed E-state index contributed by atoms with van der Waals surface area (Å²) in [6.45, 7) is 3.85. The number of hydrogen-bond acceptors (Lipinski definition) is 9. The number of nitrogens with two attached hydrogens (primary N) is 1. The SMILES string of the molecule is Nc1ncnc2c1c(=O)ccn2-c1ccc(NC(=O)Nc2cc(C(F)(F)F)cnc2OCCCN2CCOCC2)cc1. The first-order valence-electron chi connectivity index (χ1n) is 13.0. The van der Waals surface area contributed by atoms with Gasteiger partial charge in [0, 0.05) is 49.5 Å². The Labute approximate surface area is 237 Å². The molecule has 4 N–H and O–H groups in total. The van der Waals surface area contributed by atoms with Gasteiger partial charge >= 0.3 is 12.2 Å². The summed E-state index contributed by atoms with van der Waals surface area (Å²) >= 11 is 0. The first kappa shape index (κ1) is 28.8. The van der Waals surface area contributed by atoms with Crippen LogP contribution in [0, 0.1) is 0 Å². The maximum absolute atomic E-state index is 13.4. The number of fused-ring (bicyclic) bond motifs is 1. The van der Waals surface area contributed by atoms with Crippen molar-refractivity contribution in [1.29, 1.82) is 0 Å². The molecule has 220 valence electrons. The van der Waals surface area contributed by atoms with Crippen LogP contribution in [-0.4, -0.2) is 69.9 Å². The van der Waals surface area contributed by atoms with Gasteiger partial charge in [0.05, 0.1) is 25.4 Å². The van der Waals surface area contributed by atoms with Crippen molar-refractivity contribution in [1.82, 2.24) is 24.4 Å². The van der Waals surface area contributed by atoms with E-state index in [9.17, 15) is 22.8 Å². The minimum absolute atomic E-state index is 0.0545. The first-order valence-corrected chi connectivity index (χ1v) is 13.0. The minimum Gasteiger partial charge on any atom is -0.476 e. The van der Waals surface area contributed by atoms with Gasteiger partial charge in [-0.1, -0.05) is 0 Å². The van der Waals surface area contributed by atoms with Gasteiger partial charge in [0.1, 0.15) is 23.2 Å². The maximum atomic E-state index is 13.4. The fourth-order valence-electron chi connectivity index (χ4n) is 4.40. The molecule has 12 nitrogen and oxygen atoms in total. The lowest BCUT2D eigenvalue weighted by Crippen LogP contribution is -2.37. The second kappa shape index (κ2) is 12.4. The number of aromatic nitrogens is 4. The van der Waals surface area contributed by atoms with Crippen molar-refractivity contribution >= 4 is 34.3 Å². The van der Waals surface area contributed by atoms with E-state index < -0.39 is 17.8 Å². The van der Waals surface area contributed by atoms with Crippen molar-refractivity contribution in [2.24, 2.45) is 0 Å². The van der Waals surface area contributed by atoms with Gasteiger partial charge < -0.3 is 30.4 Å². The summed E-state index contributed by atoms with van der Waals surface area (Å²) in [6.07, 6.45) is -0.594. The number of halogens is 3. The van der Waals surface area contributed by atoms with E-state index in [1.807, 2.05) is 0 Å². The number of anilines is 3. The lowest BCUT2D eigenvalue weighted by atomic mass is 10.2. The summed E-state index contributed by atoms with van der Waals surface area (Å²) in [5.74, 6) is -0.0688. The highest BCUT2D eigenvalue weighted by Crippen LogP contribution is 2.33. The van der Waals surface area contributed by atoms with Gasteiger partial charge in [-0.05, 0) is 36.8 Å². The molecule has 42 heavy (non-hydrogen) atoms. The number of nitrogen functional groups attached to an aromatic ring is 1. The van der Waals surface area contributed by atoms with Crippen molar-refractivity contribution in [3.63, 3.8) is 0 Å². The molecule has 4 aromatic rings. The first-order chi connectivity index (χ1) is 20.2. The van der Waals surface area contributed by atoms with E-state index in [1.165, 1.54) is 18.6 Å². The Morgan fingerprint density at radius 3 is 2.57 bits per heavy atom. The lowest BCUT2D eigenvalue weighted by Gasteiger charge is -2.26. The number of rotatable bonds is 8. The Morgan fingerprint density at radius 2 is 1.83 bits per heavy atom. The van der Waals surface area contributed by atoms with Crippen LogP contribution < -0.4 is 26.5 Å². The third-order valence-electron chi connectivity index (χ3n) is 6.50. The standard InChI is InChI=1S/C27H27F3N8O4/c28-27(29,30)17-14-20(25(32-15-17)42-11-1-7-37-9-12-41-13-10-37)36-26(40)35-18-2-4-19(5-3-18)38-8-6-21(39)22-23(31)33-16-34-24(22)38/h2-6,8,14-16H,1,7,9-13H2,(H2,31,33,34)(H2,35,36,40). The molecule has 0 saturated carbocycles. The highest BCUT2D eigenvalue weighted by molar-refractivity contribution is 6.00. The van der Waals surface area contributed by atoms with E-state index in [0.717, 1.165) is 25.7 Å². The number of ether oxygens (including phenoxy) is 2. The van der Waals surface area contributed by atoms with Crippen LogP contribution in [0.2, 0.25) is 0 Å². The molecule has 1 aliphatic heterocycles. The third-order valence-corrected chi connectivity index (χ3v) is 6.50. The normalized spacial score (nSPS) is 14.1. The number of alkyl halides is 3. The van der Waals surface area contributed by atoms with Crippen LogP contribution in [0.3, 0.4) is 0 Å². The lowest BCUT2D eigenvalue weighted by molar-refractivity contribution is -0.137. The van der Waals surface area contributed by atoms with Gasteiger partial charge in [-0.15, -0.1) is 0 Å². The molecule has 0 radical (unpaired) electrons. The van der Waals surface area contributed by atoms with Crippen molar-refractivity contribution in [3.8, 4) is 11.6 Å². The van der Waals surface area contributed by atoms with Gasteiger partial charge in [-0.3, -0.25) is 9.69 Å². The smallest absolute Gasteiger partial charge is 0.417 e. The number of carbonyl (C=O) groups is 1. The zero-order valence-electron chi connectivity index (χ0n) is 22.2. The summed E-state index contributed by atoms with van der Waals surface area (Å²) in [5.41, 5.74) is 5.56. The molecule has 0 bridgehead atoms. The van der Waals surface area contributed by atoms with Gasteiger partial charge in [-0.25, -0.2) is 19.7 Å². The molecular formula is C27H27F3N8O4. The molecule has 5 rings (SSSR count). The largest absolute Gasteiger partial charge is 0.476 e. The molecule has 1 saturated heterocycles. The zero-order chi connectivity index (χ0) is 29.7. The summed E-state index contributed by atoms with van der Waals surface area (Å²) in [6, 6.07) is 7.80. The van der Waals surface area contributed by atoms with E-state index in [-0.39, 0.29) is 34.8 Å². The highest BCUT2D eigenvalue weighted by atomic mass is 19.4. The molecule has 4 heterocycles. The van der Waals surface area contributed by atoms with Crippen LogP contribution in [0.25, 0.3) is 16.7 Å². The number of urea groups is 1. The Kier molecular flexibility index (Phi) is 8.49. The second-order valence-electron chi connectivity index (χ2n) is 9.36. The number of nitrogens with one attached hydrogen (secondary N) is 2. The van der Waals surface area contributed by atoms with Gasteiger partial charge in [0.2, 0.25) is 5.88 Å². The van der Waals surface area contributed by atoms with Gasteiger partial charge in [-0.2, -0.15) is 13.2 Å². The van der Waals surface area contributed by atoms with Crippen LogP contribution in [0.15, 0.2) is 59.9 Å². The van der Waals surface area contributed by atoms with Crippen LogP contribution in [0.4, 0.5) is 35.2 Å². The summed E-state index contributed by atoms with van der Waals surface area (Å²) < 4.78 is 52.7. The van der Waals surface area contributed by atoms with Crippen molar-refractivity contribution in [2.45, 2.75) is 12.6 Å². The molecule has 1 aromatic carbocycles. The van der Waals surface area contributed by atoms with Gasteiger partial charge in [0.25, 0.3) is 0 Å². The predicted molar refractivity (Wildman–Crippen MR) is 149 cm³/mol. The topological polar surface area (TPSA) is 150 Å². The fourth-order valence-corrected chi connectivity index (χ4v) is 4.40. The zero-order valence-corrected chi connectivity index (χ0v) is 22.2. The molecule has 3 aromatic heterocycles. The second-order valence-corrected chi connectivity index (χ2v) is 9.36. The number of nitrogens with zero attached hydrogens (tertiary/aromatic N) is 5. The Bertz CT molecular complexity index is 1620. The number of benzene rings is 1. The minimum atomic E-state index is -4.66. The summed E-state index contributed by atoms with van der Waals surface area (Å²) in [5, 5.41) is 5.17. The number of morpholine rings is 1. The molecule has 1 fully saturated rings. The predicted octanol–water partition coefficient (Wildman–Crippen LogP) is 3.52. The number of carbonyl (C=O) groups excluding carboxylic acids is 1. The van der Waals surface area contributed by atoms with Crippen LogP contribution in [-0.2, 0) is 10.9 Å².